The number of aliphatic hydroxyl groups excluding tert-OH is 1. The molecule has 0 radical (unpaired) electrons. The number of aryl methyl sites for hydroxylation is 1. The normalized spacial score (nSPS) is 23.2. The summed E-state index contributed by atoms with van der Waals surface area (Å²) in [6, 6.07) is 6.62. The summed E-state index contributed by atoms with van der Waals surface area (Å²) in [6.07, 6.45) is 4.89. The van der Waals surface area contributed by atoms with Crippen LogP contribution in [0.25, 0.3) is 32.9 Å². The Hall–Kier alpha value is -4.19. The fourth-order valence-electron chi connectivity index (χ4n) is 8.80. The minimum Gasteiger partial charge on any atom is -0.468 e. The number of pyridine rings is 1. The number of nitrogens with zero attached hydrogens (tertiary/aromatic N) is 5. The number of aliphatic hydroxyl groups is 1. The van der Waals surface area contributed by atoms with Crippen LogP contribution in [0.4, 0.5) is 14.6 Å². The lowest BCUT2D eigenvalue weighted by Crippen LogP contribution is -2.43. The molecule has 2 aromatic carbocycles. The lowest BCUT2D eigenvalue weighted by molar-refractivity contribution is 0.0512. The van der Waals surface area contributed by atoms with Crippen molar-refractivity contribution >= 4 is 27.5 Å². The number of piperidine rings is 1. The van der Waals surface area contributed by atoms with E-state index in [9.17, 15) is 5.11 Å². The van der Waals surface area contributed by atoms with Crippen molar-refractivity contribution in [3.8, 4) is 23.0 Å². The first kappa shape index (κ1) is 32.0. The first-order valence-electron chi connectivity index (χ1n) is 17.0. The summed E-state index contributed by atoms with van der Waals surface area (Å²) in [7, 11) is 1.52. The number of rotatable bonds is 9. The molecule has 2 aromatic heterocycles. The van der Waals surface area contributed by atoms with E-state index in [-0.39, 0.29) is 47.4 Å². The van der Waals surface area contributed by atoms with E-state index in [4.69, 9.17) is 24.2 Å². The zero-order valence-electron chi connectivity index (χ0n) is 28.0. The molecule has 1 aliphatic carbocycles. The molecule has 11 heteroatoms. The fraction of sp³-hybridized carbons (Fsp3) is 0.447. The van der Waals surface area contributed by atoms with Gasteiger partial charge in [0.1, 0.15) is 35.2 Å². The molecule has 3 atom stereocenters. The minimum atomic E-state index is -0.661. The molecule has 3 saturated heterocycles. The predicted octanol–water partition coefficient (Wildman–Crippen LogP) is 6.21. The Morgan fingerprint density at radius 2 is 1.84 bits per heavy atom. The average molecular weight is 670 g/mol. The van der Waals surface area contributed by atoms with E-state index in [1.807, 2.05) is 6.92 Å². The summed E-state index contributed by atoms with van der Waals surface area (Å²) >= 11 is 0. The van der Waals surface area contributed by atoms with Crippen molar-refractivity contribution in [2.24, 2.45) is 11.8 Å². The van der Waals surface area contributed by atoms with Gasteiger partial charge in [-0.15, -0.1) is 0 Å². The Morgan fingerprint density at radius 1 is 1.04 bits per heavy atom. The highest BCUT2D eigenvalue weighted by atomic mass is 19.1. The van der Waals surface area contributed by atoms with Gasteiger partial charge in [0.2, 0.25) is 0 Å². The molecule has 0 spiro atoms. The van der Waals surface area contributed by atoms with Crippen molar-refractivity contribution in [2.75, 3.05) is 51.6 Å². The molecule has 8 rings (SSSR count). The van der Waals surface area contributed by atoms with Gasteiger partial charge in [-0.3, -0.25) is 9.88 Å². The molecule has 0 unspecified atom stereocenters. The molecule has 9 nitrogen and oxygen atoms in total. The highest BCUT2D eigenvalue weighted by Crippen LogP contribution is 2.45. The Morgan fingerprint density at radius 3 is 2.57 bits per heavy atom. The van der Waals surface area contributed by atoms with Crippen molar-refractivity contribution in [1.82, 2.24) is 19.9 Å². The molecule has 5 heterocycles. The lowest BCUT2D eigenvalue weighted by Gasteiger charge is -2.34. The van der Waals surface area contributed by atoms with Crippen LogP contribution in [0.5, 0.6) is 11.8 Å². The highest BCUT2D eigenvalue weighted by Gasteiger charge is 2.48. The van der Waals surface area contributed by atoms with Crippen molar-refractivity contribution in [3.63, 3.8) is 0 Å². The maximum absolute atomic E-state index is 17.2. The standard InChI is InChI=1S/C38H41F2N5O4/c1-5-27-30(39)7-6-24-10-26(49-20-47-4)11-28(32(24)27)34-33(40)35-29(14-41-34)36(44-17-23-8-25(18-44)31(46)9-23)43-37(42-35)48-19-38-12-21(2)15-45(38)16-22(3)13-38/h6-7,10-11,14,23,25,31,46H,2-3,5,8-9,12-13,15-20H2,1,4H3/t23-,25-,31-/m1/s1. The van der Waals surface area contributed by atoms with Crippen LogP contribution in [0.15, 0.2) is 54.8 Å². The van der Waals surface area contributed by atoms with Gasteiger partial charge in [-0.05, 0) is 72.6 Å². The third-order valence-corrected chi connectivity index (χ3v) is 10.9. The number of aromatic nitrogens is 3. The summed E-state index contributed by atoms with van der Waals surface area (Å²) in [5, 5.41) is 12.4. The third-order valence-electron chi connectivity index (χ3n) is 10.9. The van der Waals surface area contributed by atoms with E-state index in [1.54, 1.807) is 24.4 Å². The molecule has 4 aromatic rings. The van der Waals surface area contributed by atoms with Gasteiger partial charge in [-0.1, -0.05) is 37.3 Å². The van der Waals surface area contributed by atoms with Crippen molar-refractivity contribution < 1.29 is 28.1 Å². The van der Waals surface area contributed by atoms with Gasteiger partial charge < -0.3 is 24.2 Å². The molecule has 2 bridgehead atoms. The summed E-state index contributed by atoms with van der Waals surface area (Å²) in [5.74, 6) is 0.355. The number of anilines is 1. The van der Waals surface area contributed by atoms with E-state index < -0.39 is 5.82 Å². The molecule has 0 amide bonds. The average Bonchev–Trinajstić information content (AvgIpc) is 3.65. The van der Waals surface area contributed by atoms with Gasteiger partial charge in [0, 0.05) is 51.0 Å². The second-order valence-electron chi connectivity index (χ2n) is 14.3. The number of hydrogen-bond acceptors (Lipinski definition) is 9. The summed E-state index contributed by atoms with van der Waals surface area (Å²) in [6.45, 7) is 13.5. The quantitative estimate of drug-likeness (QED) is 0.165. The van der Waals surface area contributed by atoms with E-state index >= 15 is 8.78 Å². The van der Waals surface area contributed by atoms with Gasteiger partial charge in [0.05, 0.1) is 17.0 Å². The molecule has 3 aliphatic heterocycles. The van der Waals surface area contributed by atoms with E-state index in [0.717, 1.165) is 49.9 Å². The van der Waals surface area contributed by atoms with Crippen LogP contribution in [0.3, 0.4) is 0 Å². The van der Waals surface area contributed by atoms with Crippen LogP contribution in [-0.2, 0) is 11.2 Å². The van der Waals surface area contributed by atoms with Crippen LogP contribution < -0.4 is 14.4 Å². The number of benzene rings is 2. The maximum atomic E-state index is 17.2. The van der Waals surface area contributed by atoms with Crippen LogP contribution in [0.2, 0.25) is 0 Å². The van der Waals surface area contributed by atoms with E-state index in [2.05, 4.69) is 27.9 Å². The fourth-order valence-corrected chi connectivity index (χ4v) is 8.80. The lowest BCUT2D eigenvalue weighted by atomic mass is 9.92. The molecular formula is C38H41F2N5O4. The van der Waals surface area contributed by atoms with Crippen LogP contribution in [0.1, 0.15) is 38.2 Å². The van der Waals surface area contributed by atoms with Gasteiger partial charge in [0.25, 0.3) is 0 Å². The summed E-state index contributed by atoms with van der Waals surface area (Å²) < 4.78 is 49.7. The van der Waals surface area contributed by atoms with Gasteiger partial charge in [0.15, 0.2) is 12.6 Å². The second kappa shape index (κ2) is 12.3. The predicted molar refractivity (Wildman–Crippen MR) is 184 cm³/mol. The number of methoxy groups -OCH3 is 1. The molecular weight excluding hydrogens is 628 g/mol. The van der Waals surface area contributed by atoms with Gasteiger partial charge >= 0.3 is 6.01 Å². The largest absolute Gasteiger partial charge is 0.468 e. The van der Waals surface area contributed by atoms with E-state index in [0.29, 0.717) is 70.9 Å². The Balaban J connectivity index is 1.27. The first-order valence-corrected chi connectivity index (χ1v) is 17.0. The van der Waals surface area contributed by atoms with Crippen LogP contribution in [0, 0.1) is 23.5 Å². The Kier molecular flexibility index (Phi) is 8.04. The molecule has 1 N–H and O–H groups in total. The minimum absolute atomic E-state index is 0.0101. The van der Waals surface area contributed by atoms with Gasteiger partial charge in [-0.2, -0.15) is 9.97 Å². The molecule has 1 saturated carbocycles. The molecule has 4 fully saturated rings. The molecule has 4 aliphatic rings. The molecule has 49 heavy (non-hydrogen) atoms. The monoisotopic (exact) mass is 669 g/mol. The topological polar surface area (TPSA) is 93.1 Å². The van der Waals surface area contributed by atoms with E-state index in [1.165, 1.54) is 13.2 Å². The molecule has 256 valence electrons. The zero-order valence-corrected chi connectivity index (χ0v) is 28.0. The number of fused-ring (bicyclic) bond motifs is 5. The van der Waals surface area contributed by atoms with Crippen molar-refractivity contribution in [1.29, 1.82) is 0 Å². The Labute approximate surface area is 284 Å². The van der Waals surface area contributed by atoms with Gasteiger partial charge in [-0.25, -0.2) is 8.78 Å². The van der Waals surface area contributed by atoms with Crippen LogP contribution >= 0.6 is 0 Å². The number of hydrogen-bond donors (Lipinski definition) is 1. The van der Waals surface area contributed by atoms with Crippen LogP contribution in [-0.4, -0.2) is 83.3 Å². The maximum Gasteiger partial charge on any atom is 0.319 e. The zero-order chi connectivity index (χ0) is 34.0. The van der Waals surface area contributed by atoms with Crippen molar-refractivity contribution in [3.05, 3.63) is 72.0 Å². The highest BCUT2D eigenvalue weighted by molar-refractivity contribution is 6.01. The Bertz CT molecular complexity index is 1980. The number of halogens is 2. The second-order valence-corrected chi connectivity index (χ2v) is 14.3. The number of ether oxygens (including phenoxy) is 3. The smallest absolute Gasteiger partial charge is 0.319 e. The van der Waals surface area contributed by atoms with Crippen molar-refractivity contribution in [2.45, 2.75) is 50.7 Å². The first-order chi connectivity index (χ1) is 23.7. The summed E-state index contributed by atoms with van der Waals surface area (Å²) in [5.41, 5.74) is 2.95. The third kappa shape index (κ3) is 5.52. The summed E-state index contributed by atoms with van der Waals surface area (Å²) in [4.78, 5) is 18.7. The SMILES string of the molecule is C=C1CN2CC(=C)CC2(COc2nc(N3C[C@@H]4C[C@H](C3)[C@H](O)C4)c3cnc(-c4cc(OCOC)cc5ccc(F)c(CC)c45)c(F)c3n2)C1.